The summed E-state index contributed by atoms with van der Waals surface area (Å²) in [5, 5.41) is 4.84. The summed E-state index contributed by atoms with van der Waals surface area (Å²) in [6, 6.07) is 0. The van der Waals surface area contributed by atoms with Gasteiger partial charge in [-0.05, 0) is 25.2 Å². The van der Waals surface area contributed by atoms with Crippen molar-refractivity contribution in [2.24, 2.45) is 10.9 Å². The van der Waals surface area contributed by atoms with Crippen molar-refractivity contribution in [1.82, 2.24) is 5.32 Å². The van der Waals surface area contributed by atoms with Crippen LogP contribution in [0.15, 0.2) is 4.99 Å². The van der Waals surface area contributed by atoms with Gasteiger partial charge in [-0.1, -0.05) is 44.9 Å². The fourth-order valence-electron chi connectivity index (χ4n) is 3.06. The molecule has 1 aliphatic carbocycles. The Balaban J connectivity index is 1.69. The number of rotatable bonds is 6. The summed E-state index contributed by atoms with van der Waals surface area (Å²) in [6.45, 7) is 7.00. The van der Waals surface area contributed by atoms with Crippen LogP contribution in [-0.4, -0.2) is 36.2 Å². The van der Waals surface area contributed by atoms with Crippen LogP contribution in [0.1, 0.15) is 52.4 Å². The molecular weight excluding hydrogens is 256 g/mol. The molecule has 1 heterocycles. The minimum Gasteiger partial charge on any atom is -0.380 e. The van der Waals surface area contributed by atoms with Gasteiger partial charge in [0.25, 0.3) is 0 Å². The summed E-state index contributed by atoms with van der Waals surface area (Å²) in [6.07, 6.45) is 7.74. The Hall–Kier alpha value is -0.220. The van der Waals surface area contributed by atoms with Crippen molar-refractivity contribution in [3.63, 3.8) is 0 Å². The van der Waals surface area contributed by atoms with Crippen LogP contribution in [0.3, 0.4) is 0 Å². The van der Waals surface area contributed by atoms with Crippen LogP contribution in [0.2, 0.25) is 0 Å². The van der Waals surface area contributed by atoms with Crippen LogP contribution >= 0.6 is 11.8 Å². The van der Waals surface area contributed by atoms with Gasteiger partial charge in [-0.2, -0.15) is 0 Å². The van der Waals surface area contributed by atoms with E-state index in [9.17, 15) is 0 Å². The minimum atomic E-state index is 0.351. The first-order valence-electron chi connectivity index (χ1n) is 7.77. The lowest BCUT2D eigenvalue weighted by molar-refractivity contribution is 0.139. The maximum absolute atomic E-state index is 5.54. The maximum Gasteiger partial charge on any atom is 0.157 e. The quantitative estimate of drug-likeness (QED) is 0.759. The lowest BCUT2D eigenvalue weighted by Gasteiger charge is -2.36. The molecule has 3 nitrogen and oxygen atoms in total. The summed E-state index contributed by atoms with van der Waals surface area (Å²) in [4.78, 5) is 4.64. The summed E-state index contributed by atoms with van der Waals surface area (Å²) in [7, 11) is 0. The van der Waals surface area contributed by atoms with Crippen molar-refractivity contribution in [2.45, 2.75) is 57.9 Å². The normalized spacial score (nSPS) is 32.9. The molecule has 0 radical (unpaired) electrons. The van der Waals surface area contributed by atoms with Gasteiger partial charge in [-0.25, -0.2) is 0 Å². The SMILES string of the molecule is CCCCOCCN=C1NC2(CCCC(C)C2)CS1. The summed E-state index contributed by atoms with van der Waals surface area (Å²) in [5.74, 6) is 2.06. The summed E-state index contributed by atoms with van der Waals surface area (Å²) in [5.41, 5.74) is 0.351. The molecule has 0 aromatic rings. The first-order chi connectivity index (χ1) is 9.24. The van der Waals surface area contributed by atoms with Gasteiger partial charge in [-0.3, -0.25) is 4.99 Å². The van der Waals surface area contributed by atoms with E-state index in [1.165, 1.54) is 37.9 Å². The molecule has 1 saturated heterocycles. The van der Waals surface area contributed by atoms with E-state index in [1.807, 2.05) is 11.8 Å². The molecule has 0 bridgehead atoms. The Labute approximate surface area is 122 Å². The van der Waals surface area contributed by atoms with Crippen LogP contribution in [0, 0.1) is 5.92 Å². The van der Waals surface area contributed by atoms with Gasteiger partial charge in [-0.15, -0.1) is 0 Å². The third-order valence-corrected chi connectivity index (χ3v) is 5.28. The highest BCUT2D eigenvalue weighted by molar-refractivity contribution is 8.14. The molecule has 4 heteroatoms. The summed E-state index contributed by atoms with van der Waals surface area (Å²) < 4.78 is 5.54. The average molecular weight is 284 g/mol. The highest BCUT2D eigenvalue weighted by Crippen LogP contribution is 2.38. The molecule has 2 fully saturated rings. The molecule has 0 aromatic carbocycles. The molecule has 2 aliphatic rings. The number of aliphatic imine (C=N–C) groups is 1. The van der Waals surface area contributed by atoms with E-state index in [-0.39, 0.29) is 0 Å². The third kappa shape index (κ3) is 4.67. The van der Waals surface area contributed by atoms with Crippen LogP contribution in [-0.2, 0) is 4.74 Å². The number of thioether (sulfide) groups is 1. The van der Waals surface area contributed by atoms with Gasteiger partial charge in [0, 0.05) is 17.9 Å². The smallest absolute Gasteiger partial charge is 0.157 e. The Morgan fingerprint density at radius 2 is 2.37 bits per heavy atom. The van der Waals surface area contributed by atoms with Gasteiger partial charge in [0.05, 0.1) is 13.2 Å². The number of nitrogens with one attached hydrogen (secondary N) is 1. The molecular formula is C15H28N2OS. The zero-order chi connectivity index (χ0) is 13.6. The highest BCUT2D eigenvalue weighted by Gasteiger charge is 2.40. The van der Waals surface area contributed by atoms with Crippen molar-refractivity contribution >= 4 is 16.9 Å². The number of ether oxygens (including phenoxy) is 1. The number of hydrogen-bond acceptors (Lipinski definition) is 3. The standard InChI is InChI=1S/C15H28N2OS/c1-3-4-9-18-10-8-16-14-17-15(12-19-14)7-5-6-13(2)11-15/h13H,3-12H2,1-2H3,(H,16,17). The molecule has 2 unspecified atom stereocenters. The molecule has 110 valence electrons. The number of hydrogen-bond donors (Lipinski definition) is 1. The second-order valence-electron chi connectivity index (χ2n) is 6.05. The van der Waals surface area contributed by atoms with Crippen LogP contribution in [0.25, 0.3) is 0 Å². The van der Waals surface area contributed by atoms with Crippen molar-refractivity contribution in [3.8, 4) is 0 Å². The van der Waals surface area contributed by atoms with Crippen molar-refractivity contribution in [3.05, 3.63) is 0 Å². The van der Waals surface area contributed by atoms with E-state index in [4.69, 9.17) is 4.74 Å². The largest absolute Gasteiger partial charge is 0.380 e. The van der Waals surface area contributed by atoms with Crippen molar-refractivity contribution in [1.29, 1.82) is 0 Å². The molecule has 2 atom stereocenters. The van der Waals surface area contributed by atoms with Crippen molar-refractivity contribution < 1.29 is 4.74 Å². The second-order valence-corrected chi connectivity index (χ2v) is 7.01. The van der Waals surface area contributed by atoms with Crippen LogP contribution < -0.4 is 5.32 Å². The fraction of sp³-hybridized carbons (Fsp3) is 0.933. The van der Waals surface area contributed by atoms with Gasteiger partial charge in [0.2, 0.25) is 0 Å². The Morgan fingerprint density at radius 1 is 1.47 bits per heavy atom. The lowest BCUT2D eigenvalue weighted by Crippen LogP contribution is -2.47. The zero-order valence-electron chi connectivity index (χ0n) is 12.4. The van der Waals surface area contributed by atoms with Gasteiger partial charge in [0.1, 0.15) is 0 Å². The lowest BCUT2D eigenvalue weighted by atomic mass is 9.78. The maximum atomic E-state index is 5.54. The number of unbranched alkanes of at least 4 members (excludes halogenated alkanes) is 1. The van der Waals surface area contributed by atoms with Crippen LogP contribution in [0.4, 0.5) is 0 Å². The predicted molar refractivity (Wildman–Crippen MR) is 84.0 cm³/mol. The van der Waals surface area contributed by atoms with Gasteiger partial charge < -0.3 is 10.1 Å². The molecule has 2 rings (SSSR count). The number of amidine groups is 1. The molecule has 0 amide bonds. The number of nitrogens with zero attached hydrogens (tertiary/aromatic N) is 1. The predicted octanol–water partition coefficient (Wildman–Crippen LogP) is 3.44. The molecule has 1 saturated carbocycles. The van der Waals surface area contributed by atoms with Crippen LogP contribution in [0.5, 0.6) is 0 Å². The van der Waals surface area contributed by atoms with Crippen molar-refractivity contribution in [2.75, 3.05) is 25.5 Å². The van der Waals surface area contributed by atoms with E-state index < -0.39 is 0 Å². The second kappa shape index (κ2) is 7.53. The van der Waals surface area contributed by atoms with E-state index in [1.54, 1.807) is 0 Å². The minimum absolute atomic E-state index is 0.351. The average Bonchev–Trinajstić information content (AvgIpc) is 2.76. The first-order valence-corrected chi connectivity index (χ1v) is 8.76. The van der Waals surface area contributed by atoms with Gasteiger partial charge >= 0.3 is 0 Å². The Morgan fingerprint density at radius 3 is 3.16 bits per heavy atom. The van der Waals surface area contributed by atoms with E-state index in [0.29, 0.717) is 5.54 Å². The topological polar surface area (TPSA) is 33.6 Å². The molecule has 1 N–H and O–H groups in total. The van der Waals surface area contributed by atoms with E-state index in [0.717, 1.165) is 37.3 Å². The fourth-order valence-corrected chi connectivity index (χ4v) is 4.27. The van der Waals surface area contributed by atoms with Gasteiger partial charge in [0.15, 0.2) is 5.17 Å². The van der Waals surface area contributed by atoms with E-state index >= 15 is 0 Å². The Kier molecular flexibility index (Phi) is 6.02. The summed E-state index contributed by atoms with van der Waals surface area (Å²) >= 11 is 1.90. The third-order valence-electron chi connectivity index (χ3n) is 4.08. The molecule has 19 heavy (non-hydrogen) atoms. The van der Waals surface area contributed by atoms with E-state index in [2.05, 4.69) is 24.2 Å². The zero-order valence-corrected chi connectivity index (χ0v) is 13.2. The first kappa shape index (κ1) is 15.2. The monoisotopic (exact) mass is 284 g/mol. The molecule has 1 spiro atoms. The molecule has 0 aromatic heterocycles. The molecule has 1 aliphatic heterocycles. The Bertz CT molecular complexity index is 309. The highest BCUT2D eigenvalue weighted by atomic mass is 32.2.